The molecule has 0 amide bonds. The van der Waals surface area contributed by atoms with Crippen LogP contribution in [0.25, 0.3) is 0 Å². The summed E-state index contributed by atoms with van der Waals surface area (Å²) < 4.78 is 16.7. The summed E-state index contributed by atoms with van der Waals surface area (Å²) in [5.41, 5.74) is 3.80. The summed E-state index contributed by atoms with van der Waals surface area (Å²) in [4.78, 5) is 24.5. The maximum Gasteiger partial charge on any atom is 0.323 e. The van der Waals surface area contributed by atoms with Crippen LogP contribution in [0.1, 0.15) is 89.5 Å². The molecule has 1 aliphatic rings. The van der Waals surface area contributed by atoms with Crippen LogP contribution in [0.5, 0.6) is 11.5 Å². The molecule has 0 saturated carbocycles. The van der Waals surface area contributed by atoms with Crippen molar-refractivity contribution in [2.75, 3.05) is 13.4 Å². The lowest BCUT2D eigenvalue weighted by atomic mass is 9.77. The number of carbonyl (C=O) groups is 2. The zero-order valence-corrected chi connectivity index (χ0v) is 20.9. The molecular formula is C28H36O5. The Balaban J connectivity index is 1.83. The minimum atomic E-state index is -0.472. The second-order valence-electron chi connectivity index (χ2n) is 10.8. The van der Waals surface area contributed by atoms with Crippen molar-refractivity contribution < 1.29 is 23.8 Å². The molecule has 0 aliphatic carbocycles. The van der Waals surface area contributed by atoms with Gasteiger partial charge in [0.05, 0.1) is 0 Å². The summed E-state index contributed by atoms with van der Waals surface area (Å²) in [5.74, 6) is 0.649. The number of rotatable bonds is 8. The Hall–Kier alpha value is -2.66. The van der Waals surface area contributed by atoms with Gasteiger partial charge in [0.25, 0.3) is 0 Å². The molecule has 0 radical (unpaired) electrons. The summed E-state index contributed by atoms with van der Waals surface area (Å²) >= 11 is 0. The lowest BCUT2D eigenvalue weighted by molar-refractivity contribution is -0.133. The maximum absolute atomic E-state index is 13.0. The van der Waals surface area contributed by atoms with Crippen molar-refractivity contribution in [1.82, 2.24) is 0 Å². The average Bonchev–Trinajstić information content (AvgIpc) is 3.05. The molecule has 2 aromatic rings. The van der Waals surface area contributed by atoms with E-state index in [1.807, 2.05) is 31.2 Å². The Bertz CT molecular complexity index is 1010. The zero-order valence-electron chi connectivity index (χ0n) is 20.9. The number of ether oxygens (including phenoxy) is 3. The van der Waals surface area contributed by atoms with E-state index in [1.165, 1.54) is 5.56 Å². The first-order chi connectivity index (χ1) is 15.4. The minimum absolute atomic E-state index is 0.00693. The summed E-state index contributed by atoms with van der Waals surface area (Å²) in [6, 6.07) is 11.7. The van der Waals surface area contributed by atoms with Crippen LogP contribution in [0, 0.1) is 0 Å². The monoisotopic (exact) mass is 452 g/mol. The molecule has 178 valence electrons. The van der Waals surface area contributed by atoms with Gasteiger partial charge in [-0.15, -0.1) is 0 Å². The molecule has 1 unspecified atom stereocenters. The Morgan fingerprint density at radius 2 is 1.67 bits per heavy atom. The predicted molar refractivity (Wildman–Crippen MR) is 129 cm³/mol. The highest BCUT2D eigenvalue weighted by molar-refractivity contribution is 5.90. The first-order valence-electron chi connectivity index (χ1n) is 11.6. The quantitative estimate of drug-likeness (QED) is 0.211. The van der Waals surface area contributed by atoms with Crippen LogP contribution in [0.3, 0.4) is 0 Å². The summed E-state index contributed by atoms with van der Waals surface area (Å²) in [7, 11) is 0. The fourth-order valence-electron chi connectivity index (χ4n) is 3.94. The molecule has 1 atom stereocenters. The second-order valence-corrected chi connectivity index (χ2v) is 10.8. The molecular weight excluding hydrogens is 416 g/mol. The molecule has 0 bridgehead atoms. The predicted octanol–water partition coefficient (Wildman–Crippen LogP) is 6.05. The van der Waals surface area contributed by atoms with Crippen LogP contribution in [0.4, 0.5) is 0 Å². The molecule has 5 nitrogen and oxygen atoms in total. The summed E-state index contributed by atoms with van der Waals surface area (Å²) in [6.07, 6.45) is 1.33. The van der Waals surface area contributed by atoms with Crippen LogP contribution < -0.4 is 9.47 Å². The first kappa shape index (κ1) is 25.0. The normalized spacial score (nSPS) is 15.8. The number of benzene rings is 2. The highest BCUT2D eigenvalue weighted by atomic mass is 16.7. The first-order valence-corrected chi connectivity index (χ1v) is 11.6. The third-order valence-corrected chi connectivity index (χ3v) is 5.86. The Kier molecular flexibility index (Phi) is 7.32. The van der Waals surface area contributed by atoms with Gasteiger partial charge in [-0.05, 0) is 40.5 Å². The highest BCUT2D eigenvalue weighted by Crippen LogP contribution is 2.47. The van der Waals surface area contributed by atoms with Crippen molar-refractivity contribution in [2.24, 2.45) is 0 Å². The number of Topliss-reactive ketones (excluding diaryl/α,β-unsaturated/α-hetero) is 1. The van der Waals surface area contributed by atoms with Crippen LogP contribution >= 0.6 is 0 Å². The van der Waals surface area contributed by atoms with Crippen molar-refractivity contribution in [3.63, 3.8) is 0 Å². The second kappa shape index (κ2) is 9.68. The number of hydrogen-bond donors (Lipinski definition) is 0. The molecule has 0 N–H and O–H groups in total. The molecule has 5 heteroatoms. The van der Waals surface area contributed by atoms with E-state index in [2.05, 4.69) is 53.7 Å². The van der Waals surface area contributed by atoms with Gasteiger partial charge in [0.15, 0.2) is 12.6 Å². The van der Waals surface area contributed by atoms with Crippen LogP contribution in [0.15, 0.2) is 36.4 Å². The lowest BCUT2D eigenvalue weighted by Gasteiger charge is -2.27. The molecule has 0 spiro atoms. The van der Waals surface area contributed by atoms with E-state index in [9.17, 15) is 9.59 Å². The van der Waals surface area contributed by atoms with Crippen molar-refractivity contribution in [3.05, 3.63) is 58.7 Å². The van der Waals surface area contributed by atoms with Gasteiger partial charge in [0, 0.05) is 17.5 Å². The largest absolute Gasteiger partial charge is 0.468 e. The summed E-state index contributed by atoms with van der Waals surface area (Å²) in [6.45, 7) is 15.0. The van der Waals surface area contributed by atoms with Gasteiger partial charge in [-0.1, -0.05) is 72.7 Å². The topological polar surface area (TPSA) is 61.8 Å². The molecule has 0 aromatic heterocycles. The molecule has 1 aliphatic heterocycles. The van der Waals surface area contributed by atoms with E-state index in [1.54, 1.807) is 0 Å². The standard InChI is InChI=1S/C28H36O5/c1-8-9-20(29)16-31-17-32-21-12-10-18(11-13-21)24-22-14-19(27(2,3)4)15-23(28(5,6)7)25(22)33-26(24)30/h10-15,24H,8-9,16-17H2,1-7H3. The molecule has 33 heavy (non-hydrogen) atoms. The number of hydrogen-bond acceptors (Lipinski definition) is 5. The zero-order chi connectivity index (χ0) is 24.4. The third-order valence-electron chi connectivity index (χ3n) is 5.86. The van der Waals surface area contributed by atoms with Crippen molar-refractivity contribution >= 4 is 11.8 Å². The fourth-order valence-corrected chi connectivity index (χ4v) is 3.94. The van der Waals surface area contributed by atoms with E-state index >= 15 is 0 Å². The SMILES string of the molecule is CCCC(=O)COCOc1ccc(C2C(=O)Oc3c2cc(C(C)(C)C)cc3C(C)(C)C)cc1. The van der Waals surface area contributed by atoms with Crippen LogP contribution in [-0.4, -0.2) is 25.2 Å². The van der Waals surface area contributed by atoms with Crippen molar-refractivity contribution in [2.45, 2.75) is 78.1 Å². The molecule has 2 aromatic carbocycles. The molecule has 1 heterocycles. The van der Waals surface area contributed by atoms with E-state index in [0.717, 1.165) is 23.1 Å². The Morgan fingerprint density at radius 3 is 2.24 bits per heavy atom. The van der Waals surface area contributed by atoms with E-state index in [0.29, 0.717) is 17.9 Å². The number of carbonyl (C=O) groups excluding carboxylic acids is 2. The van der Waals surface area contributed by atoms with Gasteiger partial charge in [0.2, 0.25) is 0 Å². The van der Waals surface area contributed by atoms with Crippen LogP contribution in [0.2, 0.25) is 0 Å². The van der Waals surface area contributed by atoms with E-state index in [-0.39, 0.29) is 36.0 Å². The lowest BCUT2D eigenvalue weighted by Crippen LogP contribution is -2.17. The fraction of sp³-hybridized carbons (Fsp3) is 0.500. The Labute approximate surface area is 197 Å². The molecule has 0 saturated heterocycles. The van der Waals surface area contributed by atoms with Crippen molar-refractivity contribution in [3.8, 4) is 11.5 Å². The van der Waals surface area contributed by atoms with Gasteiger partial charge in [-0.25, -0.2) is 0 Å². The highest BCUT2D eigenvalue weighted by Gasteiger charge is 2.39. The van der Waals surface area contributed by atoms with Crippen molar-refractivity contribution in [1.29, 1.82) is 0 Å². The smallest absolute Gasteiger partial charge is 0.323 e. The van der Waals surface area contributed by atoms with E-state index < -0.39 is 5.92 Å². The number of fused-ring (bicyclic) bond motifs is 1. The van der Waals surface area contributed by atoms with Gasteiger partial charge in [0.1, 0.15) is 24.0 Å². The maximum atomic E-state index is 13.0. The number of ketones is 1. The van der Waals surface area contributed by atoms with E-state index in [4.69, 9.17) is 14.2 Å². The van der Waals surface area contributed by atoms with Gasteiger partial charge in [-0.2, -0.15) is 0 Å². The number of esters is 1. The average molecular weight is 453 g/mol. The van der Waals surface area contributed by atoms with Crippen LogP contribution in [-0.2, 0) is 25.2 Å². The minimum Gasteiger partial charge on any atom is -0.468 e. The van der Waals surface area contributed by atoms with Gasteiger partial charge < -0.3 is 14.2 Å². The molecule has 3 rings (SSSR count). The van der Waals surface area contributed by atoms with Gasteiger partial charge >= 0.3 is 5.97 Å². The molecule has 0 fully saturated rings. The Morgan fingerprint density at radius 1 is 1.00 bits per heavy atom. The van der Waals surface area contributed by atoms with Gasteiger partial charge in [-0.3, -0.25) is 9.59 Å². The summed E-state index contributed by atoms with van der Waals surface area (Å²) in [5, 5.41) is 0. The third kappa shape index (κ3) is 5.83.